The summed E-state index contributed by atoms with van der Waals surface area (Å²) in [7, 11) is 0. The number of amides is 2. The van der Waals surface area contributed by atoms with E-state index >= 15 is 0 Å². The van der Waals surface area contributed by atoms with E-state index in [-0.39, 0.29) is 34.2 Å². The van der Waals surface area contributed by atoms with Crippen molar-refractivity contribution in [3.63, 3.8) is 0 Å². The zero-order valence-electron chi connectivity index (χ0n) is 20.2. The highest BCUT2D eigenvalue weighted by Gasteiger charge is 2.54. The molecule has 3 atom stereocenters. The van der Waals surface area contributed by atoms with E-state index < -0.39 is 29.2 Å². The van der Waals surface area contributed by atoms with Crippen LogP contribution in [0.25, 0.3) is 0 Å². The lowest BCUT2D eigenvalue weighted by Crippen LogP contribution is -2.71. The van der Waals surface area contributed by atoms with E-state index in [0.717, 1.165) is 18.0 Å². The number of carboxylic acids is 1. The van der Waals surface area contributed by atoms with E-state index in [1.165, 1.54) is 33.1 Å². The fourth-order valence-corrected chi connectivity index (χ4v) is 6.87. The number of carbonyl (C=O) groups excluding carboxylic acids is 2. The van der Waals surface area contributed by atoms with Gasteiger partial charge in [-0.2, -0.15) is 9.36 Å². The first-order valence-electron chi connectivity index (χ1n) is 11.7. The molecule has 5 rings (SSSR count). The molecule has 1 saturated heterocycles. The molecule has 0 bridgehead atoms. The summed E-state index contributed by atoms with van der Waals surface area (Å²) in [5, 5.41) is 28.0. The molecule has 0 spiro atoms. The van der Waals surface area contributed by atoms with E-state index in [1.807, 2.05) is 12.2 Å². The number of oxime groups is 1. The predicted molar refractivity (Wildman–Crippen MR) is 141 cm³/mol. The summed E-state index contributed by atoms with van der Waals surface area (Å²) in [6.45, 7) is 0.760. The standard InChI is InChI=1S/C20H23N11O5S3/c21-5-6-30-20(25-28-29-30)38-8-9-7-37-17-12(16(33)31(17)13(9)18(34)35)23-15(32)11(14-24-19(22)39-27-14)26-36-10-3-1-2-4-10/h1,3,10,12,17H,2,4-8,21H2,(H,23,32)(H,34,35)(H2,22,24,27)/t10?,12?,17-/m0/s1. The zero-order valence-corrected chi connectivity index (χ0v) is 22.6. The monoisotopic (exact) mass is 593 g/mol. The van der Waals surface area contributed by atoms with Crippen molar-refractivity contribution in [1.82, 2.24) is 39.8 Å². The second kappa shape index (κ2) is 11.7. The molecule has 0 radical (unpaired) electrons. The van der Waals surface area contributed by atoms with Gasteiger partial charge in [0, 0.05) is 29.6 Å². The lowest BCUT2D eigenvalue weighted by Gasteiger charge is -2.49. The highest BCUT2D eigenvalue weighted by Crippen LogP contribution is 2.41. The Balaban J connectivity index is 1.30. The Morgan fingerprint density at radius 3 is 2.92 bits per heavy atom. The number of carbonyl (C=O) groups is 3. The van der Waals surface area contributed by atoms with Crippen LogP contribution in [0.3, 0.4) is 0 Å². The topological polar surface area (TPSA) is 230 Å². The summed E-state index contributed by atoms with van der Waals surface area (Å²) in [4.78, 5) is 49.2. The van der Waals surface area contributed by atoms with Crippen LogP contribution < -0.4 is 16.8 Å². The molecule has 0 aromatic carbocycles. The Morgan fingerprint density at radius 2 is 2.23 bits per heavy atom. The molecule has 2 aliphatic heterocycles. The van der Waals surface area contributed by atoms with Gasteiger partial charge in [-0.1, -0.05) is 23.0 Å². The van der Waals surface area contributed by atoms with Gasteiger partial charge in [-0.3, -0.25) is 14.5 Å². The van der Waals surface area contributed by atoms with Crippen LogP contribution in [0.1, 0.15) is 18.7 Å². The molecule has 16 nitrogen and oxygen atoms in total. The number of hydrogen-bond acceptors (Lipinski definition) is 15. The van der Waals surface area contributed by atoms with Crippen molar-refractivity contribution >= 4 is 63.7 Å². The van der Waals surface area contributed by atoms with Gasteiger partial charge >= 0.3 is 5.97 Å². The van der Waals surface area contributed by atoms with Crippen molar-refractivity contribution in [1.29, 1.82) is 0 Å². The molecule has 2 amide bonds. The molecule has 206 valence electrons. The molecule has 4 heterocycles. The second-order valence-corrected chi connectivity index (χ2v) is 11.3. The highest BCUT2D eigenvalue weighted by atomic mass is 32.2. The number of tetrazole rings is 1. The van der Waals surface area contributed by atoms with Gasteiger partial charge in [0.2, 0.25) is 16.7 Å². The number of carboxylic acid groups (broad SMARTS) is 1. The van der Waals surface area contributed by atoms with Crippen molar-refractivity contribution in [2.24, 2.45) is 10.9 Å². The number of hydrogen-bond donors (Lipinski definition) is 4. The fourth-order valence-electron chi connectivity index (χ4n) is 4.05. The summed E-state index contributed by atoms with van der Waals surface area (Å²) in [6, 6.07) is -0.976. The van der Waals surface area contributed by atoms with Crippen LogP contribution in [-0.4, -0.2) is 98.6 Å². The van der Waals surface area contributed by atoms with Gasteiger partial charge in [0.05, 0.1) is 6.54 Å². The number of fused-ring (bicyclic) bond motifs is 1. The summed E-state index contributed by atoms with van der Waals surface area (Å²) >= 11 is 3.48. The maximum atomic E-state index is 13.2. The molecule has 39 heavy (non-hydrogen) atoms. The van der Waals surface area contributed by atoms with Gasteiger partial charge < -0.3 is 26.7 Å². The summed E-state index contributed by atoms with van der Waals surface area (Å²) in [6.07, 6.45) is 5.04. The third-order valence-electron chi connectivity index (χ3n) is 5.87. The van der Waals surface area contributed by atoms with E-state index in [9.17, 15) is 19.5 Å². The quantitative estimate of drug-likeness (QED) is 0.0808. The highest BCUT2D eigenvalue weighted by molar-refractivity contribution is 8.01. The van der Waals surface area contributed by atoms with Gasteiger partial charge in [-0.05, 0) is 34.9 Å². The molecule has 0 saturated carbocycles. The van der Waals surface area contributed by atoms with Crippen molar-refractivity contribution < 1.29 is 24.3 Å². The minimum atomic E-state index is -1.24. The second-order valence-electron chi connectivity index (χ2n) is 8.43. The molecule has 2 aromatic rings. The average molecular weight is 594 g/mol. The number of rotatable bonds is 11. The van der Waals surface area contributed by atoms with Gasteiger partial charge in [-0.25, -0.2) is 9.48 Å². The average Bonchev–Trinajstić information content (AvgIpc) is 3.69. The molecular formula is C20H23N11O5S3. The Morgan fingerprint density at radius 1 is 1.38 bits per heavy atom. The van der Waals surface area contributed by atoms with Crippen molar-refractivity contribution in [2.75, 3.05) is 23.8 Å². The van der Waals surface area contributed by atoms with Crippen LogP contribution in [0.5, 0.6) is 0 Å². The molecule has 19 heteroatoms. The lowest BCUT2D eigenvalue weighted by molar-refractivity contribution is -0.150. The SMILES string of the molecule is NCCn1nnnc1SCC1=C(C(=O)O)N2C(=O)C(NC(=O)C(=NOC3C=CCC3)c3nsc(N)n3)[C@@H]2SC1. The van der Waals surface area contributed by atoms with E-state index in [0.29, 0.717) is 36.0 Å². The Labute approximate surface area is 233 Å². The first kappa shape index (κ1) is 27.0. The Hall–Kier alpha value is -3.55. The Bertz CT molecular complexity index is 1370. The number of nitrogens with one attached hydrogen (secondary N) is 1. The smallest absolute Gasteiger partial charge is 0.352 e. The first-order valence-corrected chi connectivity index (χ1v) is 14.5. The number of β-lactam (4-membered cyclic amide) rings is 1. The number of anilines is 1. The number of thioether (sulfide) groups is 2. The third-order valence-corrected chi connectivity index (χ3v) is 8.79. The molecule has 1 aliphatic carbocycles. The van der Waals surface area contributed by atoms with Gasteiger partial charge in [0.15, 0.2) is 5.13 Å². The van der Waals surface area contributed by atoms with Crippen molar-refractivity contribution in [3.05, 3.63) is 29.2 Å². The molecule has 2 aromatic heterocycles. The first-order chi connectivity index (χ1) is 18.9. The normalized spacial score (nSPS) is 22.6. The Kier molecular flexibility index (Phi) is 8.10. The molecule has 1 fully saturated rings. The van der Waals surface area contributed by atoms with Crippen LogP contribution >= 0.6 is 35.1 Å². The predicted octanol–water partition coefficient (Wildman–Crippen LogP) is -0.964. The minimum absolute atomic E-state index is 0.0284. The van der Waals surface area contributed by atoms with Crippen LogP contribution in [0.2, 0.25) is 0 Å². The van der Waals surface area contributed by atoms with Crippen molar-refractivity contribution in [2.45, 2.75) is 42.1 Å². The molecular weight excluding hydrogens is 570 g/mol. The fraction of sp³-hybridized carbons (Fsp3) is 0.450. The number of nitrogens with zero attached hydrogens (tertiary/aromatic N) is 8. The number of allylic oxidation sites excluding steroid dienone is 1. The number of aliphatic carboxylic acids is 1. The summed E-state index contributed by atoms with van der Waals surface area (Å²) < 4.78 is 5.57. The van der Waals surface area contributed by atoms with Crippen LogP contribution in [0.4, 0.5) is 5.13 Å². The van der Waals surface area contributed by atoms with Gasteiger partial charge in [0.1, 0.15) is 23.2 Å². The number of nitrogens with two attached hydrogens (primary N) is 2. The zero-order chi connectivity index (χ0) is 27.5. The molecule has 2 unspecified atom stereocenters. The van der Waals surface area contributed by atoms with Gasteiger partial charge in [-0.15, -0.1) is 16.9 Å². The lowest BCUT2D eigenvalue weighted by atomic mass is 10.0. The van der Waals surface area contributed by atoms with E-state index in [2.05, 4.69) is 35.4 Å². The molecule has 3 aliphatic rings. The van der Waals surface area contributed by atoms with E-state index in [4.69, 9.17) is 16.3 Å². The van der Waals surface area contributed by atoms with Crippen LogP contribution in [0.15, 0.2) is 33.7 Å². The summed E-state index contributed by atoms with van der Waals surface area (Å²) in [5.41, 5.74) is 11.5. The largest absolute Gasteiger partial charge is 0.477 e. The summed E-state index contributed by atoms with van der Waals surface area (Å²) in [5.74, 6) is -1.97. The minimum Gasteiger partial charge on any atom is -0.477 e. The van der Waals surface area contributed by atoms with Crippen LogP contribution in [-0.2, 0) is 25.8 Å². The van der Waals surface area contributed by atoms with E-state index in [1.54, 1.807) is 0 Å². The van der Waals surface area contributed by atoms with Crippen LogP contribution in [0, 0.1) is 0 Å². The maximum Gasteiger partial charge on any atom is 0.352 e. The van der Waals surface area contributed by atoms with Gasteiger partial charge in [0.25, 0.3) is 11.8 Å². The maximum absolute atomic E-state index is 13.2. The number of aromatic nitrogens is 6. The third kappa shape index (κ3) is 5.60. The van der Waals surface area contributed by atoms with Crippen molar-refractivity contribution in [3.8, 4) is 0 Å². The number of nitrogen functional groups attached to an aromatic ring is 1. The molecule has 6 N–H and O–H groups in total.